The quantitative estimate of drug-likeness (QED) is 0.471. The first-order chi connectivity index (χ1) is 17.3. The van der Waals surface area contributed by atoms with Gasteiger partial charge in [0.05, 0.1) is 0 Å². The molecule has 36 heavy (non-hydrogen) atoms. The van der Waals surface area contributed by atoms with E-state index in [1.54, 1.807) is 36.4 Å². The van der Waals surface area contributed by atoms with Crippen LogP contribution in [0.3, 0.4) is 0 Å². The van der Waals surface area contributed by atoms with E-state index in [0.717, 1.165) is 9.80 Å². The summed E-state index contributed by atoms with van der Waals surface area (Å²) in [4.78, 5) is 58.4. The second kappa shape index (κ2) is 10.7. The van der Waals surface area contributed by atoms with Crippen molar-refractivity contribution in [2.75, 3.05) is 23.7 Å². The number of rotatable bonds is 4. The molecule has 2 aromatic heterocycles. The second-order valence-electron chi connectivity index (χ2n) is 8.31. The minimum Gasteiger partial charge on any atom is -0.465 e. The van der Waals surface area contributed by atoms with Gasteiger partial charge in [-0.3, -0.25) is 19.4 Å². The molecule has 186 valence electrons. The molecule has 4 heterocycles. The summed E-state index contributed by atoms with van der Waals surface area (Å²) in [6, 6.07) is 8.27. The zero-order valence-corrected chi connectivity index (χ0v) is 19.2. The fraction of sp³-hybridized carbons (Fsp3) is 0.333. The van der Waals surface area contributed by atoms with Gasteiger partial charge in [0, 0.05) is 13.1 Å². The maximum absolute atomic E-state index is 12.5. The molecular weight excluding hydrogens is 468 g/mol. The molecule has 0 unspecified atom stereocenters. The molecule has 4 rings (SSSR count). The summed E-state index contributed by atoms with van der Waals surface area (Å²) in [6.45, 7) is 0.634. The summed E-state index contributed by atoms with van der Waals surface area (Å²) in [5, 5.41) is 23.8. The minimum absolute atomic E-state index is 0.248. The highest BCUT2D eigenvalue weighted by molar-refractivity contribution is 5.96. The van der Waals surface area contributed by atoms with Gasteiger partial charge < -0.3 is 20.8 Å². The van der Waals surface area contributed by atoms with Crippen LogP contribution >= 0.6 is 0 Å². The van der Waals surface area contributed by atoms with Crippen molar-refractivity contribution in [1.29, 1.82) is 0 Å². The van der Waals surface area contributed by atoms with E-state index < -0.39 is 36.1 Å². The molecule has 4 amide bonds. The molecule has 2 aliphatic rings. The first-order valence-electron chi connectivity index (χ1n) is 11.4. The number of carbonyl (C=O) groups is 4. The van der Waals surface area contributed by atoms with Gasteiger partial charge in [0.2, 0.25) is 11.8 Å². The van der Waals surface area contributed by atoms with Gasteiger partial charge in [0.25, 0.3) is 0 Å². The Hall–Kier alpha value is -4.66. The first kappa shape index (κ1) is 24.5. The van der Waals surface area contributed by atoms with Crippen molar-refractivity contribution >= 4 is 35.6 Å². The molecule has 2 aromatic rings. The van der Waals surface area contributed by atoms with E-state index in [1.165, 1.54) is 0 Å². The number of amides is 4. The van der Waals surface area contributed by atoms with Gasteiger partial charge in [-0.1, -0.05) is 12.1 Å². The number of hydrogen-bond donors (Lipinski definition) is 4. The van der Waals surface area contributed by atoms with Gasteiger partial charge in [-0.15, -0.1) is 0 Å². The van der Waals surface area contributed by atoms with Crippen LogP contribution in [0, 0.1) is 11.8 Å². The van der Waals surface area contributed by atoms with Crippen LogP contribution in [0.25, 0.3) is 0 Å². The SMILES string of the molecule is O=C(Nc1cccc(C#Cc2cccc(NC(=O)[C@@H]3CCCN3C(=O)O)n2)n1)[C@@H]1CCCN1C(=O)O. The zero-order chi connectivity index (χ0) is 25.7. The number of carbonyl (C=O) groups excluding carboxylic acids is 2. The van der Waals surface area contributed by atoms with Crippen LogP contribution in [0.2, 0.25) is 0 Å². The highest BCUT2D eigenvalue weighted by Gasteiger charge is 2.35. The standard InChI is InChI=1S/C24H24N6O6/c31-21(17-7-3-13-29(17)23(33)34)27-19-9-1-5-15(25-19)11-12-16-6-2-10-20(26-16)28-22(32)18-8-4-14-30(18)24(35)36/h1-2,5-6,9-10,17-18H,3-4,7-8,13-14H2,(H,33,34)(H,35,36)(H,25,27,31)(H,26,28,32)/t17-,18-/m0/s1. The van der Waals surface area contributed by atoms with Crippen LogP contribution in [0.4, 0.5) is 21.2 Å². The van der Waals surface area contributed by atoms with Crippen molar-refractivity contribution in [3.63, 3.8) is 0 Å². The summed E-state index contributed by atoms with van der Waals surface area (Å²) in [5.41, 5.74) is 0.710. The molecule has 0 aliphatic carbocycles. The van der Waals surface area contributed by atoms with Gasteiger partial charge >= 0.3 is 12.2 Å². The summed E-state index contributed by atoms with van der Waals surface area (Å²) in [7, 11) is 0. The van der Waals surface area contributed by atoms with E-state index in [0.29, 0.717) is 50.2 Å². The lowest BCUT2D eigenvalue weighted by Gasteiger charge is -2.20. The maximum atomic E-state index is 12.5. The number of aromatic nitrogens is 2. The van der Waals surface area contributed by atoms with Crippen LogP contribution in [-0.4, -0.2) is 79.2 Å². The van der Waals surface area contributed by atoms with E-state index in [-0.39, 0.29) is 11.6 Å². The van der Waals surface area contributed by atoms with Crippen LogP contribution in [-0.2, 0) is 9.59 Å². The lowest BCUT2D eigenvalue weighted by Crippen LogP contribution is -2.42. The van der Waals surface area contributed by atoms with Gasteiger partial charge in [-0.25, -0.2) is 19.6 Å². The summed E-state index contributed by atoms with van der Waals surface area (Å²) >= 11 is 0. The number of nitrogens with one attached hydrogen (secondary N) is 2. The van der Waals surface area contributed by atoms with Crippen molar-refractivity contribution in [2.24, 2.45) is 0 Å². The molecule has 2 aliphatic heterocycles. The number of likely N-dealkylation sites (tertiary alicyclic amines) is 2. The molecule has 2 atom stereocenters. The molecule has 0 radical (unpaired) electrons. The van der Waals surface area contributed by atoms with Crippen molar-refractivity contribution < 1.29 is 29.4 Å². The Kier molecular flexibility index (Phi) is 7.29. The third-order valence-corrected chi connectivity index (χ3v) is 5.92. The molecule has 0 spiro atoms. The van der Waals surface area contributed by atoms with Crippen LogP contribution in [0.1, 0.15) is 37.1 Å². The van der Waals surface area contributed by atoms with E-state index in [1.807, 2.05) is 0 Å². The number of hydrogen-bond acceptors (Lipinski definition) is 6. The Morgan fingerprint density at radius 2 is 1.17 bits per heavy atom. The van der Waals surface area contributed by atoms with Crippen LogP contribution < -0.4 is 10.6 Å². The van der Waals surface area contributed by atoms with Gasteiger partial charge in [-0.2, -0.15) is 0 Å². The highest BCUT2D eigenvalue weighted by Crippen LogP contribution is 2.20. The summed E-state index contributed by atoms with van der Waals surface area (Å²) < 4.78 is 0. The Morgan fingerprint density at radius 1 is 0.750 bits per heavy atom. The monoisotopic (exact) mass is 492 g/mol. The van der Waals surface area contributed by atoms with E-state index in [2.05, 4.69) is 32.4 Å². The van der Waals surface area contributed by atoms with Gasteiger partial charge in [-0.05, 0) is 61.8 Å². The highest BCUT2D eigenvalue weighted by atomic mass is 16.4. The fourth-order valence-corrected chi connectivity index (χ4v) is 4.23. The molecule has 2 saturated heterocycles. The molecule has 4 N–H and O–H groups in total. The van der Waals surface area contributed by atoms with E-state index in [9.17, 15) is 29.4 Å². The topological polar surface area (TPSA) is 165 Å². The minimum atomic E-state index is -1.13. The zero-order valence-electron chi connectivity index (χ0n) is 19.2. The average Bonchev–Trinajstić information content (AvgIpc) is 3.54. The van der Waals surface area contributed by atoms with E-state index >= 15 is 0 Å². The van der Waals surface area contributed by atoms with Crippen molar-refractivity contribution in [3.05, 3.63) is 47.8 Å². The Morgan fingerprint density at radius 3 is 1.56 bits per heavy atom. The number of nitrogens with zero attached hydrogens (tertiary/aromatic N) is 4. The lowest BCUT2D eigenvalue weighted by molar-refractivity contribution is -0.120. The third-order valence-electron chi connectivity index (χ3n) is 5.92. The van der Waals surface area contributed by atoms with Gasteiger partial charge in [0.15, 0.2) is 0 Å². The Balaban J connectivity index is 1.41. The third kappa shape index (κ3) is 5.69. The molecule has 0 aromatic carbocycles. The molecule has 0 bridgehead atoms. The Labute approximate surface area is 206 Å². The number of pyridine rings is 2. The van der Waals surface area contributed by atoms with Crippen molar-refractivity contribution in [3.8, 4) is 11.8 Å². The normalized spacial score (nSPS) is 18.8. The van der Waals surface area contributed by atoms with Gasteiger partial charge in [0.1, 0.15) is 35.1 Å². The van der Waals surface area contributed by atoms with Crippen molar-refractivity contribution in [1.82, 2.24) is 19.8 Å². The smallest absolute Gasteiger partial charge is 0.407 e. The summed E-state index contributed by atoms with van der Waals surface area (Å²) in [5.74, 6) is 5.31. The molecule has 12 heteroatoms. The first-order valence-corrected chi connectivity index (χ1v) is 11.4. The predicted octanol–water partition coefficient (Wildman–Crippen LogP) is 2.04. The predicted molar refractivity (Wildman–Crippen MR) is 127 cm³/mol. The second-order valence-corrected chi connectivity index (χ2v) is 8.31. The molecule has 2 fully saturated rings. The van der Waals surface area contributed by atoms with Crippen LogP contribution in [0.5, 0.6) is 0 Å². The molecule has 0 saturated carbocycles. The largest absolute Gasteiger partial charge is 0.465 e. The number of anilines is 2. The molecular formula is C24H24N6O6. The van der Waals surface area contributed by atoms with E-state index in [4.69, 9.17) is 0 Å². The fourth-order valence-electron chi connectivity index (χ4n) is 4.23. The van der Waals surface area contributed by atoms with Crippen LogP contribution in [0.15, 0.2) is 36.4 Å². The number of carboxylic acid groups (broad SMARTS) is 2. The maximum Gasteiger partial charge on any atom is 0.407 e. The summed E-state index contributed by atoms with van der Waals surface area (Å²) in [6.07, 6.45) is -0.124. The lowest BCUT2D eigenvalue weighted by atomic mass is 10.2. The Bertz CT molecular complexity index is 1160. The average molecular weight is 492 g/mol. The van der Waals surface area contributed by atoms with Crippen molar-refractivity contribution in [2.45, 2.75) is 37.8 Å². The molecule has 12 nitrogen and oxygen atoms in total.